The first-order valence-electron chi connectivity index (χ1n) is 18.1. The summed E-state index contributed by atoms with van der Waals surface area (Å²) in [4.78, 5) is 4.82. The van der Waals surface area contributed by atoms with Crippen molar-refractivity contribution in [1.29, 1.82) is 0 Å². The smallest absolute Gasteiger partial charge is 0.0727 e. The molecule has 0 amide bonds. The molecule has 1 spiro atoms. The number of rotatable bonds is 4. The number of benzene rings is 8. The van der Waals surface area contributed by atoms with Crippen molar-refractivity contribution in [2.45, 2.75) is 11.8 Å². The third-order valence-corrected chi connectivity index (χ3v) is 11.4. The minimum Gasteiger partial charge on any atom is -0.310 e. The van der Waals surface area contributed by atoms with E-state index in [1.165, 1.54) is 61.3 Å². The lowest BCUT2D eigenvalue weighted by Crippen LogP contribution is -2.26. The number of nitrogens with zero attached hydrogens (tertiary/aromatic N) is 2. The van der Waals surface area contributed by atoms with E-state index in [0.29, 0.717) is 0 Å². The second kappa shape index (κ2) is 11.2. The molecular formula is C50H34N2. The predicted octanol–water partition coefficient (Wildman–Crippen LogP) is 12.9. The fraction of sp³-hybridized carbons (Fsp3) is 0.0400. The van der Waals surface area contributed by atoms with Crippen molar-refractivity contribution >= 4 is 34.1 Å². The minimum absolute atomic E-state index is 0.491. The van der Waals surface area contributed by atoms with Gasteiger partial charge in [0.1, 0.15) is 0 Å². The molecular weight excluding hydrogens is 629 g/mol. The highest BCUT2D eigenvalue weighted by Crippen LogP contribution is 2.64. The molecule has 244 valence electrons. The molecule has 0 saturated heterocycles. The van der Waals surface area contributed by atoms with Gasteiger partial charge in [0.25, 0.3) is 0 Å². The highest BCUT2D eigenvalue weighted by atomic mass is 15.1. The van der Waals surface area contributed by atoms with Crippen LogP contribution >= 0.6 is 0 Å². The van der Waals surface area contributed by atoms with Crippen LogP contribution in [-0.4, -0.2) is 0 Å². The second-order valence-electron chi connectivity index (χ2n) is 14.2. The van der Waals surface area contributed by atoms with Gasteiger partial charge < -0.3 is 9.80 Å². The Morgan fingerprint density at radius 2 is 0.923 bits per heavy atom. The number of para-hydroxylation sites is 3. The molecule has 0 aromatic heterocycles. The molecule has 0 fully saturated rings. The molecule has 2 aliphatic heterocycles. The van der Waals surface area contributed by atoms with E-state index < -0.39 is 5.41 Å². The highest BCUT2D eigenvalue weighted by Gasteiger charge is 2.52. The number of hydrogen-bond donors (Lipinski definition) is 0. The van der Waals surface area contributed by atoms with E-state index in [2.05, 4.69) is 204 Å². The van der Waals surface area contributed by atoms with Gasteiger partial charge in [0.15, 0.2) is 0 Å². The quantitative estimate of drug-likeness (QED) is 0.185. The van der Waals surface area contributed by atoms with Crippen LogP contribution in [0.25, 0.3) is 22.3 Å². The van der Waals surface area contributed by atoms with E-state index in [0.717, 1.165) is 34.9 Å². The lowest BCUT2D eigenvalue weighted by atomic mass is 9.70. The van der Waals surface area contributed by atoms with E-state index in [1.54, 1.807) is 0 Å². The standard InChI is InChI=1S/C50H34N2/c1-4-14-36(15-5-1)51(37-16-6-2-7-17-37)40-24-26-43-44-27-25-41-33-49(44)50(48(43)32-40)46-22-11-10-21-42(46)45-31-35(23-28-47(45)50)29-34-13-12-20-39(30-34)52(41)38-18-8-3-9-19-38/h1-28,30-33H,29H2. The minimum atomic E-state index is -0.491. The molecule has 0 N–H and O–H groups in total. The van der Waals surface area contributed by atoms with Crippen LogP contribution in [0, 0.1) is 0 Å². The third-order valence-electron chi connectivity index (χ3n) is 11.4. The Labute approximate surface area is 304 Å². The van der Waals surface area contributed by atoms with Crippen LogP contribution < -0.4 is 9.80 Å². The van der Waals surface area contributed by atoms with Gasteiger partial charge in [-0.1, -0.05) is 121 Å². The van der Waals surface area contributed by atoms with Gasteiger partial charge in [-0.25, -0.2) is 0 Å². The summed E-state index contributed by atoms with van der Waals surface area (Å²) in [6.07, 6.45) is 0.867. The Hall–Kier alpha value is -6.64. The van der Waals surface area contributed by atoms with E-state index in [-0.39, 0.29) is 0 Å². The maximum atomic E-state index is 2.48. The Kier molecular flexibility index (Phi) is 6.26. The van der Waals surface area contributed by atoms with Crippen molar-refractivity contribution in [3.05, 3.63) is 228 Å². The summed E-state index contributed by atoms with van der Waals surface area (Å²) in [5.74, 6) is 0. The average molecular weight is 663 g/mol. The average Bonchev–Trinajstić information content (AvgIpc) is 3.66. The van der Waals surface area contributed by atoms with Gasteiger partial charge >= 0.3 is 0 Å². The molecule has 2 aliphatic carbocycles. The van der Waals surface area contributed by atoms with Crippen LogP contribution in [0.4, 0.5) is 34.1 Å². The van der Waals surface area contributed by atoms with Gasteiger partial charge in [0, 0.05) is 34.1 Å². The number of hydrogen-bond acceptors (Lipinski definition) is 2. The lowest BCUT2D eigenvalue weighted by Gasteiger charge is -2.33. The number of anilines is 6. The molecule has 4 aliphatic rings. The van der Waals surface area contributed by atoms with Crippen LogP contribution in [0.2, 0.25) is 0 Å². The SMILES string of the molecule is c1ccc(N(c2ccccc2)c2ccc3c(c2)C24c5ccccc5-c5cc(ccc52)Cc2cccc(c2)N(c2ccccc2)c2ccc-3c4c2)cc1. The van der Waals surface area contributed by atoms with Crippen molar-refractivity contribution in [2.24, 2.45) is 0 Å². The van der Waals surface area contributed by atoms with Crippen LogP contribution in [-0.2, 0) is 11.8 Å². The molecule has 1 atom stereocenters. The van der Waals surface area contributed by atoms with E-state index in [4.69, 9.17) is 0 Å². The summed E-state index contributed by atoms with van der Waals surface area (Å²) >= 11 is 0. The molecule has 12 rings (SSSR count). The highest BCUT2D eigenvalue weighted by molar-refractivity contribution is 5.97. The molecule has 0 saturated carbocycles. The molecule has 2 heteroatoms. The van der Waals surface area contributed by atoms with Gasteiger partial charge in [-0.3, -0.25) is 0 Å². The summed E-state index contributed by atoms with van der Waals surface area (Å²) in [6, 6.07) is 72.1. The van der Waals surface area contributed by atoms with Gasteiger partial charge in [0.05, 0.1) is 5.41 Å². The Morgan fingerprint density at radius 1 is 0.346 bits per heavy atom. The van der Waals surface area contributed by atoms with Crippen LogP contribution in [0.5, 0.6) is 0 Å². The summed E-state index contributed by atoms with van der Waals surface area (Å²) in [6.45, 7) is 0. The Balaban J connectivity index is 1.24. The van der Waals surface area contributed by atoms with E-state index in [9.17, 15) is 0 Å². The van der Waals surface area contributed by atoms with Gasteiger partial charge in [-0.05, 0) is 135 Å². The summed E-state index contributed by atoms with van der Waals surface area (Å²) in [5, 5.41) is 0. The zero-order chi connectivity index (χ0) is 34.2. The molecule has 2 heterocycles. The molecule has 8 aromatic rings. The second-order valence-corrected chi connectivity index (χ2v) is 14.2. The topological polar surface area (TPSA) is 6.48 Å². The van der Waals surface area contributed by atoms with Gasteiger partial charge in [0.2, 0.25) is 0 Å². The first kappa shape index (κ1) is 29.1. The van der Waals surface area contributed by atoms with Crippen molar-refractivity contribution in [3.63, 3.8) is 0 Å². The number of fused-ring (bicyclic) bond motifs is 4. The van der Waals surface area contributed by atoms with Crippen LogP contribution in [0.15, 0.2) is 194 Å². The van der Waals surface area contributed by atoms with Crippen molar-refractivity contribution in [2.75, 3.05) is 9.80 Å². The molecule has 1 unspecified atom stereocenters. The maximum Gasteiger partial charge on any atom is 0.0727 e. The molecule has 8 bridgehead atoms. The summed E-state index contributed by atoms with van der Waals surface area (Å²) in [7, 11) is 0. The largest absolute Gasteiger partial charge is 0.310 e. The Morgan fingerprint density at radius 3 is 1.69 bits per heavy atom. The normalized spacial score (nSPS) is 15.7. The zero-order valence-electron chi connectivity index (χ0n) is 28.6. The monoisotopic (exact) mass is 662 g/mol. The van der Waals surface area contributed by atoms with E-state index in [1.807, 2.05) is 0 Å². The lowest BCUT2D eigenvalue weighted by molar-refractivity contribution is 0.793. The summed E-state index contributed by atoms with van der Waals surface area (Å²) in [5.41, 5.74) is 19.6. The predicted molar refractivity (Wildman–Crippen MR) is 215 cm³/mol. The van der Waals surface area contributed by atoms with Crippen molar-refractivity contribution in [1.82, 2.24) is 0 Å². The van der Waals surface area contributed by atoms with Crippen LogP contribution in [0.3, 0.4) is 0 Å². The molecule has 0 radical (unpaired) electrons. The molecule has 52 heavy (non-hydrogen) atoms. The van der Waals surface area contributed by atoms with Crippen molar-refractivity contribution < 1.29 is 0 Å². The van der Waals surface area contributed by atoms with Gasteiger partial charge in [-0.15, -0.1) is 0 Å². The van der Waals surface area contributed by atoms with Crippen molar-refractivity contribution in [3.8, 4) is 22.3 Å². The third kappa shape index (κ3) is 4.12. The van der Waals surface area contributed by atoms with Gasteiger partial charge in [-0.2, -0.15) is 0 Å². The first-order chi connectivity index (χ1) is 25.8. The van der Waals surface area contributed by atoms with E-state index >= 15 is 0 Å². The molecule has 8 aromatic carbocycles. The fourth-order valence-electron chi connectivity index (χ4n) is 9.27. The van der Waals surface area contributed by atoms with Crippen LogP contribution in [0.1, 0.15) is 33.4 Å². The maximum absolute atomic E-state index is 2.48. The Bertz CT molecular complexity index is 2620. The first-order valence-corrected chi connectivity index (χ1v) is 18.1. The fourth-order valence-corrected chi connectivity index (χ4v) is 9.27. The zero-order valence-corrected chi connectivity index (χ0v) is 28.6. The summed E-state index contributed by atoms with van der Waals surface area (Å²) < 4.78 is 0. The molecule has 2 nitrogen and oxygen atoms in total.